The molecule has 0 aromatic carbocycles. The summed E-state index contributed by atoms with van der Waals surface area (Å²) in [5.41, 5.74) is 0. The summed E-state index contributed by atoms with van der Waals surface area (Å²) in [6.07, 6.45) is 39.7. The normalized spacial score (nSPS) is 11.3. The van der Waals surface area contributed by atoms with Crippen LogP contribution in [0.3, 0.4) is 0 Å². The second kappa shape index (κ2) is 30.4. The molecule has 0 saturated carbocycles. The van der Waals surface area contributed by atoms with Crippen molar-refractivity contribution >= 4 is 5.97 Å². The molecule has 0 amide bonds. The fraction of sp³-hybridized carbons (Fsp3) is 0.912. The van der Waals surface area contributed by atoms with E-state index in [1.54, 1.807) is 0 Å². The van der Waals surface area contributed by atoms with Crippen LogP contribution in [0.25, 0.3) is 0 Å². The molecule has 2 heteroatoms. The molecule has 0 heterocycles. The van der Waals surface area contributed by atoms with Gasteiger partial charge in [0.15, 0.2) is 0 Å². The largest absolute Gasteiger partial charge is 0.435 e. The summed E-state index contributed by atoms with van der Waals surface area (Å²) in [5, 5.41) is 0. The lowest BCUT2D eigenvalue weighted by Gasteiger charge is -2.05. The standard InChI is InChI=1S/C34H66O2/c1-4-36-34(35)32-30-28-26-24-22-20-18-16-14-12-10-8-6-5-7-9-11-13-15-17-19-21-23-25-27-29-31-33(2)3/h4,33H,1,5-32H2,2-3H3. The molecule has 0 saturated heterocycles. The van der Waals surface area contributed by atoms with Gasteiger partial charge >= 0.3 is 5.97 Å². The molecule has 0 unspecified atom stereocenters. The number of hydrogen-bond acceptors (Lipinski definition) is 2. The Morgan fingerprint density at radius 1 is 0.500 bits per heavy atom. The molecule has 0 fully saturated rings. The molecular weight excluding hydrogens is 440 g/mol. The first-order chi connectivity index (χ1) is 17.7. The van der Waals surface area contributed by atoms with E-state index in [9.17, 15) is 4.79 Å². The molecule has 0 bridgehead atoms. The summed E-state index contributed by atoms with van der Waals surface area (Å²) in [6.45, 7) is 8.09. The molecule has 0 aliphatic carbocycles. The Kier molecular flexibility index (Phi) is 29.8. The average Bonchev–Trinajstić information content (AvgIpc) is 2.85. The van der Waals surface area contributed by atoms with E-state index in [1.165, 1.54) is 167 Å². The van der Waals surface area contributed by atoms with Gasteiger partial charge in [-0.2, -0.15) is 0 Å². The van der Waals surface area contributed by atoms with Crippen LogP contribution >= 0.6 is 0 Å². The Labute approximate surface area is 227 Å². The Bertz CT molecular complexity index is 442. The number of ether oxygens (including phenoxy) is 1. The van der Waals surface area contributed by atoms with Crippen LogP contribution in [0, 0.1) is 5.92 Å². The van der Waals surface area contributed by atoms with Gasteiger partial charge in [0, 0.05) is 6.42 Å². The molecule has 0 atom stereocenters. The van der Waals surface area contributed by atoms with Crippen molar-refractivity contribution in [1.82, 2.24) is 0 Å². The Hall–Kier alpha value is -0.790. The van der Waals surface area contributed by atoms with Gasteiger partial charge in [-0.05, 0) is 12.3 Å². The lowest BCUT2D eigenvalue weighted by molar-refractivity contribution is -0.138. The molecule has 0 spiro atoms. The third-order valence-corrected chi connectivity index (χ3v) is 7.63. The molecule has 2 nitrogen and oxygen atoms in total. The second-order valence-corrected chi connectivity index (χ2v) is 11.8. The van der Waals surface area contributed by atoms with E-state index < -0.39 is 0 Å². The number of rotatable bonds is 30. The highest BCUT2D eigenvalue weighted by molar-refractivity contribution is 5.69. The van der Waals surface area contributed by atoms with Crippen LogP contribution in [0.4, 0.5) is 0 Å². The van der Waals surface area contributed by atoms with Gasteiger partial charge < -0.3 is 4.74 Å². The van der Waals surface area contributed by atoms with E-state index in [0.717, 1.165) is 18.8 Å². The smallest absolute Gasteiger partial charge is 0.310 e. The first-order valence-corrected chi connectivity index (χ1v) is 16.5. The minimum atomic E-state index is -0.144. The summed E-state index contributed by atoms with van der Waals surface area (Å²) >= 11 is 0. The Morgan fingerprint density at radius 2 is 0.750 bits per heavy atom. The first kappa shape index (κ1) is 35.2. The molecule has 0 aliphatic heterocycles. The Morgan fingerprint density at radius 3 is 1.00 bits per heavy atom. The van der Waals surface area contributed by atoms with Crippen LogP contribution in [0.2, 0.25) is 0 Å². The lowest BCUT2D eigenvalue weighted by atomic mass is 10.0. The molecule has 0 radical (unpaired) electrons. The number of unbranched alkanes of at least 4 members (excludes halogenated alkanes) is 25. The highest BCUT2D eigenvalue weighted by Crippen LogP contribution is 2.16. The van der Waals surface area contributed by atoms with Crippen LogP contribution in [-0.4, -0.2) is 5.97 Å². The summed E-state index contributed by atoms with van der Waals surface area (Å²) in [6, 6.07) is 0. The minimum absolute atomic E-state index is 0.144. The van der Waals surface area contributed by atoms with Gasteiger partial charge in [-0.15, -0.1) is 0 Å². The summed E-state index contributed by atoms with van der Waals surface area (Å²) in [4.78, 5) is 11.2. The number of carbonyl (C=O) groups is 1. The van der Waals surface area contributed by atoms with Crippen LogP contribution in [0.5, 0.6) is 0 Å². The van der Waals surface area contributed by atoms with Gasteiger partial charge in [0.1, 0.15) is 0 Å². The molecule has 0 aliphatic rings. The van der Waals surface area contributed by atoms with Crippen molar-refractivity contribution in [2.45, 2.75) is 194 Å². The Balaban J connectivity index is 3.05. The average molecular weight is 507 g/mol. The van der Waals surface area contributed by atoms with Crippen molar-refractivity contribution in [2.75, 3.05) is 0 Å². The van der Waals surface area contributed by atoms with E-state index in [1.807, 2.05) is 0 Å². The van der Waals surface area contributed by atoms with Crippen LogP contribution < -0.4 is 0 Å². The monoisotopic (exact) mass is 507 g/mol. The predicted octanol–water partition coefficient (Wildman–Crippen LogP) is 12.3. The fourth-order valence-corrected chi connectivity index (χ4v) is 5.22. The third kappa shape index (κ3) is 31.2. The van der Waals surface area contributed by atoms with Gasteiger partial charge in [-0.3, -0.25) is 4.79 Å². The van der Waals surface area contributed by atoms with Crippen molar-refractivity contribution in [2.24, 2.45) is 5.92 Å². The number of esters is 1. The molecule has 0 aromatic rings. The number of carbonyl (C=O) groups excluding carboxylic acids is 1. The van der Waals surface area contributed by atoms with E-state index in [-0.39, 0.29) is 5.97 Å². The summed E-state index contributed by atoms with van der Waals surface area (Å²) in [5.74, 6) is 0.744. The van der Waals surface area contributed by atoms with E-state index >= 15 is 0 Å². The van der Waals surface area contributed by atoms with Crippen LogP contribution in [-0.2, 0) is 9.53 Å². The zero-order chi connectivity index (χ0) is 26.4. The van der Waals surface area contributed by atoms with Crippen molar-refractivity contribution in [3.63, 3.8) is 0 Å². The maximum absolute atomic E-state index is 11.2. The zero-order valence-electron chi connectivity index (χ0n) is 25.0. The summed E-state index contributed by atoms with van der Waals surface area (Å²) in [7, 11) is 0. The van der Waals surface area contributed by atoms with Crippen LogP contribution in [0.15, 0.2) is 12.8 Å². The van der Waals surface area contributed by atoms with Crippen molar-refractivity contribution in [1.29, 1.82) is 0 Å². The molecular formula is C34H66O2. The zero-order valence-corrected chi connectivity index (χ0v) is 25.0. The van der Waals surface area contributed by atoms with E-state index in [2.05, 4.69) is 20.4 Å². The maximum Gasteiger partial charge on any atom is 0.310 e. The quantitative estimate of drug-likeness (QED) is 0.0550. The summed E-state index contributed by atoms with van der Waals surface area (Å²) < 4.78 is 4.73. The van der Waals surface area contributed by atoms with Crippen molar-refractivity contribution in [3.8, 4) is 0 Å². The van der Waals surface area contributed by atoms with Crippen molar-refractivity contribution in [3.05, 3.63) is 12.8 Å². The van der Waals surface area contributed by atoms with Gasteiger partial charge in [0.05, 0.1) is 6.26 Å². The van der Waals surface area contributed by atoms with Crippen LogP contribution in [0.1, 0.15) is 194 Å². The highest BCUT2D eigenvalue weighted by atomic mass is 16.5. The first-order valence-electron chi connectivity index (χ1n) is 16.5. The maximum atomic E-state index is 11.2. The molecule has 0 N–H and O–H groups in total. The number of hydrogen-bond donors (Lipinski definition) is 0. The van der Waals surface area contributed by atoms with E-state index in [4.69, 9.17) is 4.74 Å². The van der Waals surface area contributed by atoms with Gasteiger partial charge in [-0.1, -0.05) is 187 Å². The highest BCUT2D eigenvalue weighted by Gasteiger charge is 2.00. The lowest BCUT2D eigenvalue weighted by Crippen LogP contribution is -1.98. The fourth-order valence-electron chi connectivity index (χ4n) is 5.22. The second-order valence-electron chi connectivity index (χ2n) is 11.8. The molecule has 36 heavy (non-hydrogen) atoms. The third-order valence-electron chi connectivity index (χ3n) is 7.63. The van der Waals surface area contributed by atoms with Gasteiger partial charge in [-0.25, -0.2) is 0 Å². The van der Waals surface area contributed by atoms with Crippen molar-refractivity contribution < 1.29 is 9.53 Å². The van der Waals surface area contributed by atoms with E-state index in [0.29, 0.717) is 6.42 Å². The topological polar surface area (TPSA) is 26.3 Å². The molecule has 0 aromatic heterocycles. The van der Waals surface area contributed by atoms with Gasteiger partial charge in [0.25, 0.3) is 0 Å². The SMILES string of the molecule is C=COC(=O)CCCCCCCCCCCCCCCCCCCCCCCCCCCCC(C)C. The molecule has 0 rings (SSSR count). The molecule has 214 valence electrons. The van der Waals surface area contributed by atoms with Gasteiger partial charge in [0.2, 0.25) is 0 Å². The predicted molar refractivity (Wildman–Crippen MR) is 160 cm³/mol. The minimum Gasteiger partial charge on any atom is -0.435 e.